The van der Waals surface area contributed by atoms with Crippen LogP contribution in [-0.4, -0.2) is 55.9 Å². The molecule has 2 heterocycles. The van der Waals surface area contributed by atoms with Crippen molar-refractivity contribution in [1.29, 1.82) is 0 Å². The number of aliphatic hydroxyl groups is 3. The second kappa shape index (κ2) is 6.80. The Balaban J connectivity index is 0.00000180. The third-order valence-electron chi connectivity index (χ3n) is 2.91. The Hall–Kier alpha value is -0.480. The van der Waals surface area contributed by atoms with Gasteiger partial charge in [-0.05, 0) is 6.07 Å². The van der Waals surface area contributed by atoms with E-state index in [2.05, 4.69) is 4.98 Å². The molecule has 8 nitrogen and oxygen atoms in total. The van der Waals surface area contributed by atoms with Crippen molar-refractivity contribution in [1.82, 2.24) is 9.55 Å². The zero-order chi connectivity index (χ0) is 13.3. The second-order valence-electron chi connectivity index (χ2n) is 4.16. The van der Waals surface area contributed by atoms with E-state index < -0.39 is 36.7 Å². The Morgan fingerprint density at radius 3 is 2.58 bits per heavy atom. The van der Waals surface area contributed by atoms with Crippen molar-refractivity contribution in [3.05, 3.63) is 22.7 Å². The van der Waals surface area contributed by atoms with Gasteiger partial charge in [0, 0.05) is 6.20 Å². The van der Waals surface area contributed by atoms with E-state index >= 15 is 0 Å². The van der Waals surface area contributed by atoms with Gasteiger partial charge in [-0.15, -0.1) is 0 Å². The van der Waals surface area contributed by atoms with Gasteiger partial charge in [0.15, 0.2) is 0 Å². The molecule has 0 radical (unpaired) electrons. The number of hydrogen-bond acceptors (Lipinski definition) is 7. The molecule has 19 heavy (non-hydrogen) atoms. The molecule has 0 saturated carbocycles. The van der Waals surface area contributed by atoms with Gasteiger partial charge in [0.05, 0.1) is 13.2 Å². The number of hydrogen-bond donors (Lipinski definition) is 4. The van der Waals surface area contributed by atoms with Crippen LogP contribution in [0.25, 0.3) is 0 Å². The van der Waals surface area contributed by atoms with E-state index in [9.17, 15) is 15.0 Å². The van der Waals surface area contributed by atoms with Crippen molar-refractivity contribution in [3.63, 3.8) is 0 Å². The predicted octanol–water partition coefficient (Wildman–Crippen LogP) is -5.58. The molecule has 0 bridgehead atoms. The molecular formula is C10H16N3NaO5. The third-order valence-corrected chi connectivity index (χ3v) is 2.91. The number of anilines is 1. The Bertz CT molecular complexity index is 488. The second-order valence-corrected chi connectivity index (χ2v) is 4.16. The maximum atomic E-state index is 11.5. The van der Waals surface area contributed by atoms with Crippen LogP contribution in [0.15, 0.2) is 17.1 Å². The Morgan fingerprint density at radius 2 is 2.05 bits per heavy atom. The zero-order valence-corrected chi connectivity index (χ0v) is 12.5. The fourth-order valence-corrected chi connectivity index (χ4v) is 1.90. The summed E-state index contributed by atoms with van der Waals surface area (Å²) in [5, 5.41) is 28.2. The first-order valence-corrected chi connectivity index (χ1v) is 5.48. The molecular weight excluding hydrogens is 265 g/mol. The normalized spacial score (nSPS) is 30.1. The average molecular weight is 281 g/mol. The molecule has 0 aromatic carbocycles. The van der Waals surface area contributed by atoms with Crippen molar-refractivity contribution < 1.29 is 51.0 Å². The van der Waals surface area contributed by atoms with Crippen LogP contribution in [0.5, 0.6) is 0 Å². The summed E-state index contributed by atoms with van der Waals surface area (Å²) in [4.78, 5) is 15.0. The van der Waals surface area contributed by atoms with Crippen molar-refractivity contribution in [2.75, 3.05) is 12.3 Å². The van der Waals surface area contributed by atoms with Gasteiger partial charge < -0.3 is 27.2 Å². The van der Waals surface area contributed by atoms with E-state index in [1.165, 1.54) is 16.8 Å². The van der Waals surface area contributed by atoms with Gasteiger partial charge in [-0.3, -0.25) is 4.57 Å². The molecule has 1 aliphatic rings. The van der Waals surface area contributed by atoms with Crippen LogP contribution >= 0.6 is 0 Å². The summed E-state index contributed by atoms with van der Waals surface area (Å²) < 4.78 is 6.47. The number of rotatable bonds is 3. The Morgan fingerprint density at radius 1 is 1.42 bits per heavy atom. The summed E-state index contributed by atoms with van der Waals surface area (Å²) in [6, 6.07) is 1.45. The number of nitrogens with two attached hydrogens (primary N) is 1. The molecule has 2 rings (SSSR count). The number of aliphatic hydroxyl groups excluding tert-OH is 3. The molecule has 1 aromatic rings. The van der Waals surface area contributed by atoms with Crippen LogP contribution < -0.4 is 41.0 Å². The largest absolute Gasteiger partial charge is 1.00 e. The quantitative estimate of drug-likeness (QED) is 0.406. The molecule has 102 valence electrons. The summed E-state index contributed by atoms with van der Waals surface area (Å²) in [6.07, 6.45) is -2.52. The summed E-state index contributed by atoms with van der Waals surface area (Å²) in [5.41, 5.74) is 4.79. The van der Waals surface area contributed by atoms with E-state index in [0.717, 1.165) is 0 Å². The molecule has 1 aliphatic heterocycles. The van der Waals surface area contributed by atoms with Crippen LogP contribution in [-0.2, 0) is 11.3 Å². The number of aromatic nitrogens is 2. The SMILES string of the molecule is Nc1ccn(C[C@@H]2O[C@H](CO)[C@@H](O)[C@H]2O)c(=O)n1.[H-].[Na+]. The molecule has 5 N–H and O–H groups in total. The summed E-state index contributed by atoms with van der Waals surface area (Å²) in [7, 11) is 0. The first kappa shape index (κ1) is 16.6. The molecule has 9 heteroatoms. The molecule has 1 fully saturated rings. The van der Waals surface area contributed by atoms with Gasteiger partial charge in [-0.2, -0.15) is 4.98 Å². The monoisotopic (exact) mass is 281 g/mol. The summed E-state index contributed by atoms with van der Waals surface area (Å²) in [6.45, 7) is -0.371. The molecule has 0 spiro atoms. The van der Waals surface area contributed by atoms with Gasteiger partial charge in [0.2, 0.25) is 0 Å². The van der Waals surface area contributed by atoms with E-state index in [1.54, 1.807) is 0 Å². The topological polar surface area (TPSA) is 131 Å². The minimum absolute atomic E-state index is 0. The van der Waals surface area contributed by atoms with Crippen LogP contribution in [0.4, 0.5) is 5.82 Å². The number of ether oxygens (including phenoxy) is 1. The Labute approximate surface area is 132 Å². The minimum Gasteiger partial charge on any atom is -1.00 e. The van der Waals surface area contributed by atoms with Gasteiger partial charge in [0.25, 0.3) is 0 Å². The molecule has 1 aromatic heterocycles. The van der Waals surface area contributed by atoms with Crippen molar-refractivity contribution in [2.24, 2.45) is 0 Å². The standard InChI is InChI=1S/C10H15N3O5.Na.H/c11-7-1-2-13(10(17)12-7)3-5-8(15)9(16)6(4-14)18-5;;/h1-2,5-6,8-9,14-16H,3-4H2,(H2,11,12,17);;/q;+1;-1/t5-,6+,8-,9+;;/m0../s1. The van der Waals surface area contributed by atoms with Crippen LogP contribution in [0, 0.1) is 0 Å². The molecule has 0 unspecified atom stereocenters. The maximum Gasteiger partial charge on any atom is 1.00 e. The first-order chi connectivity index (χ1) is 8.52. The van der Waals surface area contributed by atoms with E-state index in [-0.39, 0.29) is 43.3 Å². The molecule has 4 atom stereocenters. The predicted molar refractivity (Wildman–Crippen MR) is 61.8 cm³/mol. The van der Waals surface area contributed by atoms with Crippen molar-refractivity contribution in [2.45, 2.75) is 31.0 Å². The van der Waals surface area contributed by atoms with Gasteiger partial charge >= 0.3 is 35.2 Å². The summed E-state index contributed by atoms with van der Waals surface area (Å²) in [5.74, 6) is 0.109. The van der Waals surface area contributed by atoms with Crippen molar-refractivity contribution >= 4 is 5.82 Å². The minimum atomic E-state index is -1.17. The third kappa shape index (κ3) is 3.54. The van der Waals surface area contributed by atoms with Crippen molar-refractivity contribution in [3.8, 4) is 0 Å². The fourth-order valence-electron chi connectivity index (χ4n) is 1.90. The zero-order valence-electron chi connectivity index (χ0n) is 11.5. The van der Waals surface area contributed by atoms with E-state index in [0.29, 0.717) is 0 Å². The maximum absolute atomic E-state index is 11.5. The van der Waals surface area contributed by atoms with Crippen LogP contribution in [0.1, 0.15) is 1.43 Å². The molecule has 0 amide bonds. The van der Waals surface area contributed by atoms with Crippen LogP contribution in [0.2, 0.25) is 0 Å². The fraction of sp³-hybridized carbons (Fsp3) is 0.600. The summed E-state index contributed by atoms with van der Waals surface area (Å²) >= 11 is 0. The molecule has 1 saturated heterocycles. The smallest absolute Gasteiger partial charge is 1.00 e. The molecule has 0 aliphatic carbocycles. The average Bonchev–Trinajstić information content (AvgIpc) is 2.60. The van der Waals surface area contributed by atoms with E-state index in [1.807, 2.05) is 0 Å². The Kier molecular flexibility index (Phi) is 5.93. The first-order valence-electron chi connectivity index (χ1n) is 5.48. The number of nitrogen functional groups attached to an aromatic ring is 1. The van der Waals surface area contributed by atoms with Crippen LogP contribution in [0.3, 0.4) is 0 Å². The van der Waals surface area contributed by atoms with E-state index in [4.69, 9.17) is 15.6 Å². The van der Waals surface area contributed by atoms with Gasteiger partial charge in [-0.25, -0.2) is 4.79 Å². The number of nitrogens with zero attached hydrogens (tertiary/aromatic N) is 2. The van der Waals surface area contributed by atoms with Gasteiger partial charge in [-0.1, -0.05) is 0 Å². The van der Waals surface area contributed by atoms with Gasteiger partial charge in [0.1, 0.15) is 30.2 Å².